The minimum absolute atomic E-state index is 0.793. The molecule has 2 aliphatic rings. The molecule has 0 bridgehead atoms. The molecule has 1 fully saturated rings. The van der Waals surface area contributed by atoms with Crippen molar-refractivity contribution in [1.29, 1.82) is 0 Å². The van der Waals surface area contributed by atoms with Crippen LogP contribution in [0, 0.1) is 0 Å². The Hall–Kier alpha value is -2.26. The number of aromatic nitrogens is 1. The molecule has 3 aromatic rings. The van der Waals surface area contributed by atoms with Crippen LogP contribution in [-0.4, -0.2) is 31.2 Å². The van der Waals surface area contributed by atoms with Crippen molar-refractivity contribution in [1.82, 2.24) is 4.98 Å². The van der Waals surface area contributed by atoms with Crippen LogP contribution in [0.2, 0.25) is 5.02 Å². The number of nitrogens with zero attached hydrogens (tertiary/aromatic N) is 3. The second kappa shape index (κ2) is 6.48. The zero-order valence-corrected chi connectivity index (χ0v) is 15.5. The number of aryl methyl sites for hydroxylation is 1. The predicted octanol–water partition coefficient (Wildman–Crippen LogP) is 4.70. The minimum Gasteiger partial charge on any atom is -0.368 e. The number of rotatable bonds is 2. The number of hydrogen-bond donors (Lipinski definition) is 0. The fourth-order valence-corrected chi connectivity index (χ4v) is 4.57. The van der Waals surface area contributed by atoms with Crippen molar-refractivity contribution in [3.8, 4) is 0 Å². The van der Waals surface area contributed by atoms with Gasteiger partial charge in [-0.2, -0.15) is 0 Å². The second-order valence-electron chi connectivity index (χ2n) is 7.21. The molecule has 0 atom stereocenters. The number of halogens is 1. The Bertz CT molecular complexity index is 947. The van der Waals surface area contributed by atoms with E-state index in [0.717, 1.165) is 49.6 Å². The van der Waals surface area contributed by atoms with Crippen LogP contribution in [-0.2, 0) is 12.8 Å². The summed E-state index contributed by atoms with van der Waals surface area (Å²) < 4.78 is 0. The van der Waals surface area contributed by atoms with Gasteiger partial charge in [0.05, 0.1) is 11.2 Å². The first-order valence-corrected chi connectivity index (χ1v) is 9.83. The molecule has 132 valence electrons. The van der Waals surface area contributed by atoms with Gasteiger partial charge in [-0.25, -0.2) is 0 Å². The Morgan fingerprint density at radius 1 is 0.846 bits per heavy atom. The standard InChI is InChI=1S/C22H22ClN3/c23-16-9-10-21-19(15-16)22(18-7-4-8-20(18)24-21)26-13-11-25(12-14-26)17-5-2-1-3-6-17/h1-3,5-6,9-10,15H,4,7-8,11-14H2. The number of anilines is 2. The van der Waals surface area contributed by atoms with Crippen LogP contribution in [0.4, 0.5) is 11.4 Å². The summed E-state index contributed by atoms with van der Waals surface area (Å²) in [5.74, 6) is 0. The number of hydrogen-bond acceptors (Lipinski definition) is 3. The highest BCUT2D eigenvalue weighted by molar-refractivity contribution is 6.31. The highest BCUT2D eigenvalue weighted by Gasteiger charge is 2.26. The van der Waals surface area contributed by atoms with Crippen molar-refractivity contribution in [3.05, 3.63) is 64.8 Å². The quantitative estimate of drug-likeness (QED) is 0.657. The minimum atomic E-state index is 0.793. The summed E-state index contributed by atoms with van der Waals surface area (Å²) in [6, 6.07) is 16.8. The molecular weight excluding hydrogens is 342 g/mol. The number of fused-ring (bicyclic) bond motifs is 2. The number of para-hydroxylation sites is 1. The van der Waals surface area contributed by atoms with E-state index < -0.39 is 0 Å². The predicted molar refractivity (Wildman–Crippen MR) is 110 cm³/mol. The average Bonchev–Trinajstić information content (AvgIpc) is 3.15. The lowest BCUT2D eigenvalue weighted by atomic mass is 10.0. The third-order valence-corrected chi connectivity index (χ3v) is 5.90. The summed E-state index contributed by atoms with van der Waals surface area (Å²) in [5, 5.41) is 2.01. The fourth-order valence-electron chi connectivity index (χ4n) is 4.40. The molecule has 4 heteroatoms. The van der Waals surface area contributed by atoms with Crippen LogP contribution < -0.4 is 9.80 Å². The molecule has 1 aromatic heterocycles. The van der Waals surface area contributed by atoms with Crippen molar-refractivity contribution in [2.45, 2.75) is 19.3 Å². The summed E-state index contributed by atoms with van der Waals surface area (Å²) in [4.78, 5) is 9.96. The highest BCUT2D eigenvalue weighted by atomic mass is 35.5. The van der Waals surface area contributed by atoms with Gasteiger partial charge >= 0.3 is 0 Å². The van der Waals surface area contributed by atoms with E-state index in [-0.39, 0.29) is 0 Å². The third-order valence-electron chi connectivity index (χ3n) is 5.66. The molecule has 0 amide bonds. The Kier molecular flexibility index (Phi) is 3.97. The van der Waals surface area contributed by atoms with Crippen LogP contribution in [0.25, 0.3) is 10.9 Å². The topological polar surface area (TPSA) is 19.4 Å². The van der Waals surface area contributed by atoms with Crippen LogP contribution in [0.1, 0.15) is 17.7 Å². The maximum Gasteiger partial charge on any atom is 0.0727 e. The second-order valence-corrected chi connectivity index (χ2v) is 7.65. The average molecular weight is 364 g/mol. The molecule has 0 unspecified atom stereocenters. The van der Waals surface area contributed by atoms with Crippen LogP contribution >= 0.6 is 11.6 Å². The Morgan fingerprint density at radius 3 is 2.42 bits per heavy atom. The van der Waals surface area contributed by atoms with Crippen molar-refractivity contribution in [3.63, 3.8) is 0 Å². The number of benzene rings is 2. The van der Waals surface area contributed by atoms with Crippen molar-refractivity contribution < 1.29 is 0 Å². The van der Waals surface area contributed by atoms with Gasteiger partial charge in [0.2, 0.25) is 0 Å². The van der Waals surface area contributed by atoms with Crippen molar-refractivity contribution in [2.75, 3.05) is 36.0 Å². The normalized spacial score (nSPS) is 17.0. The zero-order valence-electron chi connectivity index (χ0n) is 14.8. The molecule has 2 heterocycles. The molecule has 1 saturated heterocycles. The first kappa shape index (κ1) is 16.0. The monoisotopic (exact) mass is 363 g/mol. The Labute approximate surface area is 159 Å². The van der Waals surface area contributed by atoms with E-state index in [1.807, 2.05) is 6.07 Å². The Balaban J connectivity index is 1.51. The number of piperazine rings is 1. The summed E-state index contributed by atoms with van der Waals surface area (Å²) in [6.07, 6.45) is 3.45. The van der Waals surface area contributed by atoms with E-state index >= 15 is 0 Å². The van der Waals surface area contributed by atoms with E-state index in [0.29, 0.717) is 0 Å². The van der Waals surface area contributed by atoms with Crippen LogP contribution in [0.5, 0.6) is 0 Å². The first-order valence-electron chi connectivity index (χ1n) is 9.45. The van der Waals surface area contributed by atoms with E-state index in [9.17, 15) is 0 Å². The molecule has 0 radical (unpaired) electrons. The molecule has 0 N–H and O–H groups in total. The van der Waals surface area contributed by atoms with E-state index in [1.54, 1.807) is 0 Å². The maximum absolute atomic E-state index is 6.33. The molecule has 5 rings (SSSR count). The van der Waals surface area contributed by atoms with Gasteiger partial charge in [0.1, 0.15) is 0 Å². The molecule has 0 saturated carbocycles. The van der Waals surface area contributed by atoms with Gasteiger partial charge in [0.15, 0.2) is 0 Å². The van der Waals surface area contributed by atoms with Gasteiger partial charge < -0.3 is 9.80 Å². The smallest absolute Gasteiger partial charge is 0.0727 e. The number of pyridine rings is 1. The van der Waals surface area contributed by atoms with Gasteiger partial charge in [-0.1, -0.05) is 29.8 Å². The van der Waals surface area contributed by atoms with Crippen molar-refractivity contribution in [2.24, 2.45) is 0 Å². The Morgan fingerprint density at radius 2 is 1.62 bits per heavy atom. The molecule has 2 aromatic carbocycles. The lowest BCUT2D eigenvalue weighted by Crippen LogP contribution is -2.47. The largest absolute Gasteiger partial charge is 0.368 e. The first-order chi connectivity index (χ1) is 12.8. The SMILES string of the molecule is Clc1ccc2nc3c(c(N4CCN(c5ccccc5)CC4)c2c1)CCC3. The van der Waals surface area contributed by atoms with Crippen molar-refractivity contribution >= 4 is 33.9 Å². The van der Waals surface area contributed by atoms with Gasteiger partial charge in [0.25, 0.3) is 0 Å². The lowest BCUT2D eigenvalue weighted by molar-refractivity contribution is 0.653. The molecule has 3 nitrogen and oxygen atoms in total. The zero-order chi connectivity index (χ0) is 17.5. The summed E-state index contributed by atoms with van der Waals surface area (Å²) >= 11 is 6.33. The van der Waals surface area contributed by atoms with Crippen LogP contribution in [0.15, 0.2) is 48.5 Å². The molecular formula is C22H22ClN3. The highest BCUT2D eigenvalue weighted by Crippen LogP contribution is 2.38. The summed E-state index contributed by atoms with van der Waals surface area (Å²) in [5.41, 5.74) is 6.53. The van der Waals surface area contributed by atoms with Gasteiger partial charge in [-0.05, 0) is 55.2 Å². The van der Waals surface area contributed by atoms with Gasteiger partial charge in [-0.3, -0.25) is 4.98 Å². The van der Waals surface area contributed by atoms with E-state index in [4.69, 9.17) is 16.6 Å². The molecule has 1 aliphatic carbocycles. The van der Waals surface area contributed by atoms with E-state index in [2.05, 4.69) is 52.3 Å². The van der Waals surface area contributed by atoms with Gasteiger partial charge in [0, 0.05) is 48.0 Å². The van der Waals surface area contributed by atoms with E-state index in [1.165, 1.54) is 34.4 Å². The lowest BCUT2D eigenvalue weighted by Gasteiger charge is -2.38. The molecule has 26 heavy (non-hydrogen) atoms. The fraction of sp³-hybridized carbons (Fsp3) is 0.318. The van der Waals surface area contributed by atoms with Crippen LogP contribution in [0.3, 0.4) is 0 Å². The summed E-state index contributed by atoms with van der Waals surface area (Å²) in [6.45, 7) is 4.16. The maximum atomic E-state index is 6.33. The third kappa shape index (κ3) is 2.71. The van der Waals surface area contributed by atoms with Gasteiger partial charge in [-0.15, -0.1) is 0 Å². The molecule has 1 aliphatic heterocycles. The molecule has 0 spiro atoms. The summed E-state index contributed by atoms with van der Waals surface area (Å²) in [7, 11) is 0.